The Morgan fingerprint density at radius 1 is 0.760 bits per heavy atom. The smallest absolute Gasteiger partial charge is 0.355 e. The summed E-state index contributed by atoms with van der Waals surface area (Å²) < 4.78 is 76.2. The van der Waals surface area contributed by atoms with Crippen molar-refractivity contribution in [1.29, 1.82) is 0 Å². The van der Waals surface area contributed by atoms with Crippen molar-refractivity contribution >= 4 is 0 Å². The molecule has 0 atom stereocenters. The first-order valence-electron chi connectivity index (χ1n) is 7.40. The van der Waals surface area contributed by atoms with Crippen molar-refractivity contribution in [3.05, 3.63) is 76.7 Å². The van der Waals surface area contributed by atoms with Gasteiger partial charge in [-0.15, -0.1) is 0 Å². The molecule has 2 aromatic rings. The number of hydrogen-bond donors (Lipinski definition) is 1. The van der Waals surface area contributed by atoms with Crippen LogP contribution in [0.25, 0.3) is 0 Å². The predicted molar refractivity (Wildman–Crippen MR) is 78.6 cm³/mol. The third-order valence-electron chi connectivity index (χ3n) is 4.56. The van der Waals surface area contributed by atoms with Crippen molar-refractivity contribution in [2.24, 2.45) is 0 Å². The van der Waals surface area contributed by atoms with Crippen LogP contribution in [0.4, 0.5) is 26.3 Å². The highest BCUT2D eigenvalue weighted by atomic mass is 19.4. The molecule has 3 rings (SSSR count). The minimum atomic E-state index is -4.47. The maximum Gasteiger partial charge on any atom is 0.416 e. The summed E-state index contributed by atoms with van der Waals surface area (Å²) in [5.74, 6) is 0.659. The molecule has 0 heterocycles. The number of aliphatic hydroxyl groups is 1. The van der Waals surface area contributed by atoms with Gasteiger partial charge in [-0.2, -0.15) is 26.3 Å². The molecule has 1 fully saturated rings. The van der Waals surface area contributed by atoms with Gasteiger partial charge in [0.2, 0.25) is 5.41 Å². The van der Waals surface area contributed by atoms with Gasteiger partial charge in [0, 0.05) is 11.1 Å². The summed E-state index contributed by atoms with van der Waals surface area (Å²) in [6, 6.07) is 8.99. The summed E-state index contributed by atoms with van der Waals surface area (Å²) in [7, 11) is 0. The minimum absolute atomic E-state index is 0.276. The summed E-state index contributed by atoms with van der Waals surface area (Å²) >= 11 is 0. The molecule has 0 amide bonds. The highest BCUT2D eigenvalue weighted by molar-refractivity contribution is 5.57. The fourth-order valence-electron chi connectivity index (χ4n) is 3.13. The van der Waals surface area contributed by atoms with Gasteiger partial charge in [0.1, 0.15) is 12.3 Å². The second-order valence-electron chi connectivity index (χ2n) is 5.99. The van der Waals surface area contributed by atoms with Crippen molar-refractivity contribution in [1.82, 2.24) is 0 Å². The highest BCUT2D eigenvalue weighted by Gasteiger charge is 2.69. The second-order valence-corrected chi connectivity index (χ2v) is 5.99. The van der Waals surface area contributed by atoms with Crippen molar-refractivity contribution in [3.63, 3.8) is 0 Å². The zero-order valence-corrected chi connectivity index (χ0v) is 12.7. The van der Waals surface area contributed by atoms with Crippen LogP contribution >= 0.6 is 0 Å². The molecule has 1 aliphatic rings. The van der Waals surface area contributed by atoms with E-state index in [9.17, 15) is 31.4 Å². The zero-order valence-electron chi connectivity index (χ0n) is 12.7. The number of rotatable bonds is 3. The standard InChI is InChI=1S/C18H13F6O/c19-17(20,21)13-5-1-11(2-6-13)16(9-15(16)10-25)12-3-7-14(8-4-12)18(22,23)24/h1-8,25H,9-10H2/q+1. The number of hydrogen-bond acceptors (Lipinski definition) is 1. The van der Waals surface area contributed by atoms with E-state index in [0.717, 1.165) is 24.3 Å². The van der Waals surface area contributed by atoms with E-state index in [1.807, 2.05) is 0 Å². The summed E-state index contributed by atoms with van der Waals surface area (Å²) in [6.45, 7) is -0.276. The Labute approximate surface area is 139 Å². The van der Waals surface area contributed by atoms with Gasteiger partial charge in [-0.25, -0.2) is 0 Å². The SMILES string of the molecule is OC[C+]1CC1(c1ccc(C(F)(F)F)cc1)c1ccc(C(F)(F)F)cc1. The highest BCUT2D eigenvalue weighted by Crippen LogP contribution is 2.60. The molecule has 25 heavy (non-hydrogen) atoms. The van der Waals surface area contributed by atoms with E-state index in [-0.39, 0.29) is 6.61 Å². The Morgan fingerprint density at radius 3 is 1.36 bits per heavy atom. The summed E-state index contributed by atoms with van der Waals surface area (Å²) in [5, 5.41) is 9.43. The Kier molecular flexibility index (Phi) is 4.02. The Bertz CT molecular complexity index is 686. The average molecular weight is 359 g/mol. The van der Waals surface area contributed by atoms with E-state index in [1.54, 1.807) is 0 Å². The zero-order chi connectivity index (χ0) is 18.5. The molecule has 0 unspecified atom stereocenters. The average Bonchev–Trinajstić information content (AvgIpc) is 3.29. The van der Waals surface area contributed by atoms with Gasteiger partial charge >= 0.3 is 12.4 Å². The normalized spacial score (nSPS) is 16.8. The van der Waals surface area contributed by atoms with Crippen LogP contribution in [0.1, 0.15) is 28.7 Å². The lowest BCUT2D eigenvalue weighted by Gasteiger charge is -2.14. The number of halogens is 6. The van der Waals surface area contributed by atoms with Crippen LogP contribution in [0.15, 0.2) is 48.5 Å². The van der Waals surface area contributed by atoms with Crippen molar-refractivity contribution in [3.8, 4) is 0 Å². The molecule has 1 N–H and O–H groups in total. The molecule has 0 aliphatic heterocycles. The van der Waals surface area contributed by atoms with Gasteiger partial charge in [0.05, 0.1) is 11.1 Å². The first-order chi connectivity index (χ1) is 11.6. The number of aliphatic hydroxyl groups excluding tert-OH is 1. The lowest BCUT2D eigenvalue weighted by molar-refractivity contribution is -0.138. The quantitative estimate of drug-likeness (QED) is 0.605. The van der Waals surface area contributed by atoms with E-state index in [0.29, 0.717) is 23.5 Å². The first kappa shape index (κ1) is 17.7. The van der Waals surface area contributed by atoms with Crippen LogP contribution in [0.5, 0.6) is 0 Å². The lowest BCUT2D eigenvalue weighted by atomic mass is 9.85. The predicted octanol–water partition coefficient (Wildman–Crippen LogP) is 4.98. The van der Waals surface area contributed by atoms with Crippen LogP contribution in [-0.4, -0.2) is 11.7 Å². The summed E-state index contributed by atoms with van der Waals surface area (Å²) in [4.78, 5) is 0. The summed E-state index contributed by atoms with van der Waals surface area (Å²) in [6.07, 6.45) is -8.54. The summed E-state index contributed by atoms with van der Waals surface area (Å²) in [5.41, 5.74) is -1.40. The molecule has 132 valence electrons. The molecule has 1 saturated carbocycles. The molecular weight excluding hydrogens is 346 g/mol. The van der Waals surface area contributed by atoms with Gasteiger partial charge in [0.25, 0.3) is 0 Å². The van der Waals surface area contributed by atoms with Crippen molar-refractivity contribution in [2.75, 3.05) is 6.61 Å². The largest absolute Gasteiger partial charge is 0.416 e. The number of benzene rings is 2. The molecule has 0 radical (unpaired) electrons. The topological polar surface area (TPSA) is 20.2 Å². The maximum absolute atomic E-state index is 12.7. The molecule has 0 saturated heterocycles. The van der Waals surface area contributed by atoms with Gasteiger partial charge in [-0.05, 0) is 24.3 Å². The minimum Gasteiger partial charge on any atom is -0.355 e. The van der Waals surface area contributed by atoms with E-state index in [1.165, 1.54) is 24.3 Å². The Balaban J connectivity index is 1.98. The lowest BCUT2D eigenvalue weighted by Crippen LogP contribution is -2.15. The molecule has 0 aromatic heterocycles. The van der Waals surface area contributed by atoms with E-state index in [2.05, 4.69) is 0 Å². The van der Waals surface area contributed by atoms with E-state index >= 15 is 0 Å². The second kappa shape index (κ2) is 5.69. The molecule has 0 bridgehead atoms. The van der Waals surface area contributed by atoms with E-state index < -0.39 is 28.9 Å². The maximum atomic E-state index is 12.7. The fourth-order valence-corrected chi connectivity index (χ4v) is 3.13. The Hall–Kier alpha value is -2.15. The third-order valence-corrected chi connectivity index (χ3v) is 4.56. The van der Waals surface area contributed by atoms with Crippen LogP contribution in [0.2, 0.25) is 0 Å². The van der Waals surface area contributed by atoms with Crippen LogP contribution in [0, 0.1) is 5.92 Å². The van der Waals surface area contributed by atoms with Crippen LogP contribution in [-0.2, 0) is 17.8 Å². The molecule has 2 aromatic carbocycles. The van der Waals surface area contributed by atoms with Crippen LogP contribution in [0.3, 0.4) is 0 Å². The fraction of sp³-hybridized carbons (Fsp3) is 0.278. The molecule has 1 aliphatic carbocycles. The molecule has 0 spiro atoms. The molecule has 1 nitrogen and oxygen atoms in total. The van der Waals surface area contributed by atoms with E-state index in [4.69, 9.17) is 0 Å². The van der Waals surface area contributed by atoms with Crippen LogP contribution < -0.4 is 0 Å². The van der Waals surface area contributed by atoms with Gasteiger partial charge in [-0.3, -0.25) is 0 Å². The first-order valence-corrected chi connectivity index (χ1v) is 7.40. The van der Waals surface area contributed by atoms with Crippen molar-refractivity contribution in [2.45, 2.75) is 24.2 Å². The van der Waals surface area contributed by atoms with Gasteiger partial charge in [-0.1, -0.05) is 24.3 Å². The monoisotopic (exact) mass is 359 g/mol. The molecular formula is C18H13F6O+. The number of alkyl halides is 6. The molecule has 7 heteroatoms. The Morgan fingerprint density at radius 2 is 1.12 bits per heavy atom. The third kappa shape index (κ3) is 3.08. The van der Waals surface area contributed by atoms with Gasteiger partial charge < -0.3 is 5.11 Å². The van der Waals surface area contributed by atoms with Gasteiger partial charge in [0.15, 0.2) is 6.61 Å². The van der Waals surface area contributed by atoms with Crippen molar-refractivity contribution < 1.29 is 31.4 Å².